The van der Waals surface area contributed by atoms with E-state index in [-0.39, 0.29) is 25.9 Å². The summed E-state index contributed by atoms with van der Waals surface area (Å²) < 4.78 is 28.4. The van der Waals surface area contributed by atoms with Crippen molar-refractivity contribution >= 4 is 23.9 Å². The maximum Gasteiger partial charge on any atom is 0.335 e. The molecule has 1 aliphatic rings. The third-order valence-electron chi connectivity index (χ3n) is 13.9. The molecule has 1 saturated heterocycles. The molecule has 1 aliphatic heterocycles. The van der Waals surface area contributed by atoms with Gasteiger partial charge in [0, 0.05) is 19.3 Å². The van der Waals surface area contributed by atoms with Gasteiger partial charge < -0.3 is 39.0 Å². The minimum atomic E-state index is -1.90. The molecular formula is C63H110O12. The first-order chi connectivity index (χ1) is 36.6. The number of aliphatic hydroxyl groups is 2. The van der Waals surface area contributed by atoms with Gasteiger partial charge in [-0.15, -0.1) is 0 Å². The van der Waals surface area contributed by atoms with E-state index in [0.29, 0.717) is 19.3 Å². The van der Waals surface area contributed by atoms with Crippen molar-refractivity contribution < 1.29 is 58.2 Å². The molecule has 12 nitrogen and oxygen atoms in total. The number of hydrogen-bond donors (Lipinski definition) is 3. The lowest BCUT2D eigenvalue weighted by molar-refractivity contribution is -0.301. The Balaban J connectivity index is 2.61. The fourth-order valence-electron chi connectivity index (χ4n) is 9.20. The van der Waals surface area contributed by atoms with Crippen molar-refractivity contribution in [2.75, 3.05) is 13.2 Å². The number of rotatable bonds is 52. The second-order valence-corrected chi connectivity index (χ2v) is 21.0. The van der Waals surface area contributed by atoms with Crippen molar-refractivity contribution in [2.45, 2.75) is 314 Å². The molecule has 75 heavy (non-hydrogen) atoms. The second kappa shape index (κ2) is 51.4. The second-order valence-electron chi connectivity index (χ2n) is 21.0. The van der Waals surface area contributed by atoms with Gasteiger partial charge in [-0.1, -0.05) is 230 Å². The average Bonchev–Trinajstić information content (AvgIpc) is 3.39. The summed E-state index contributed by atoms with van der Waals surface area (Å²) in [5.41, 5.74) is 0. The molecule has 0 radical (unpaired) electrons. The van der Waals surface area contributed by atoms with Crippen LogP contribution >= 0.6 is 0 Å². The Bertz CT molecular complexity index is 1490. The zero-order chi connectivity index (χ0) is 54.7. The lowest BCUT2D eigenvalue weighted by Gasteiger charge is -2.40. The van der Waals surface area contributed by atoms with E-state index in [1.54, 1.807) is 0 Å². The molecular weight excluding hydrogens is 949 g/mol. The SMILES string of the molecule is CC/C=C\C/C=C\C/C=C\CCCCCCCCCC(=O)OCC(COC1OC(C(=O)O)C(O)C(O)C1OC(=O)CCCCCCCCCCC/C=C\CCCCCCCC)OC(=O)CCCCCCCCCCC. The van der Waals surface area contributed by atoms with Gasteiger partial charge in [0.1, 0.15) is 18.8 Å². The van der Waals surface area contributed by atoms with Crippen molar-refractivity contribution in [3.63, 3.8) is 0 Å². The van der Waals surface area contributed by atoms with E-state index < -0.39 is 67.3 Å². The Kier molecular flexibility index (Phi) is 47.8. The molecule has 1 rings (SSSR count). The van der Waals surface area contributed by atoms with E-state index in [2.05, 4.69) is 69.4 Å². The van der Waals surface area contributed by atoms with Crippen LogP contribution in [0.4, 0.5) is 0 Å². The van der Waals surface area contributed by atoms with Crippen LogP contribution in [-0.2, 0) is 42.9 Å². The molecule has 0 saturated carbocycles. The summed E-state index contributed by atoms with van der Waals surface area (Å²) in [6.45, 7) is 5.87. The van der Waals surface area contributed by atoms with Crippen LogP contribution in [0.2, 0.25) is 0 Å². The monoisotopic (exact) mass is 1060 g/mol. The highest BCUT2D eigenvalue weighted by atomic mass is 16.7. The van der Waals surface area contributed by atoms with E-state index in [9.17, 15) is 34.5 Å². The molecule has 6 unspecified atom stereocenters. The molecule has 0 spiro atoms. The lowest BCUT2D eigenvalue weighted by atomic mass is 9.98. The number of aliphatic carboxylic acids is 1. The largest absolute Gasteiger partial charge is 0.479 e. The first kappa shape index (κ1) is 69.7. The summed E-state index contributed by atoms with van der Waals surface area (Å²) in [5, 5.41) is 31.5. The summed E-state index contributed by atoms with van der Waals surface area (Å²) in [6.07, 6.45) is 49.5. The third kappa shape index (κ3) is 41.5. The fraction of sp³-hybridized carbons (Fsp3) is 0.810. The van der Waals surface area contributed by atoms with Crippen molar-refractivity contribution in [1.82, 2.24) is 0 Å². The summed E-state index contributed by atoms with van der Waals surface area (Å²) >= 11 is 0. The lowest BCUT2D eigenvalue weighted by Crippen LogP contribution is -2.61. The summed E-state index contributed by atoms with van der Waals surface area (Å²) in [4.78, 5) is 51.1. The normalized spacial score (nSPS) is 18.4. The van der Waals surface area contributed by atoms with E-state index in [4.69, 9.17) is 23.7 Å². The topological polar surface area (TPSA) is 175 Å². The van der Waals surface area contributed by atoms with Crippen LogP contribution in [0, 0.1) is 0 Å². The highest BCUT2D eigenvalue weighted by Gasteiger charge is 2.50. The molecule has 1 fully saturated rings. The number of hydrogen-bond acceptors (Lipinski definition) is 11. The smallest absolute Gasteiger partial charge is 0.335 e. The fourth-order valence-corrected chi connectivity index (χ4v) is 9.20. The zero-order valence-corrected chi connectivity index (χ0v) is 47.8. The van der Waals surface area contributed by atoms with Crippen molar-refractivity contribution in [2.24, 2.45) is 0 Å². The van der Waals surface area contributed by atoms with Crippen molar-refractivity contribution in [3.05, 3.63) is 48.6 Å². The number of unbranched alkanes of at least 4 members (excludes halogenated alkanes) is 30. The van der Waals surface area contributed by atoms with Gasteiger partial charge in [-0.3, -0.25) is 14.4 Å². The van der Waals surface area contributed by atoms with Gasteiger partial charge in [-0.2, -0.15) is 0 Å². The van der Waals surface area contributed by atoms with E-state index >= 15 is 0 Å². The predicted octanol–water partition coefficient (Wildman–Crippen LogP) is 15.8. The van der Waals surface area contributed by atoms with E-state index in [0.717, 1.165) is 103 Å². The highest BCUT2D eigenvalue weighted by molar-refractivity contribution is 5.74. The molecule has 0 amide bonds. The van der Waals surface area contributed by atoms with Gasteiger partial charge >= 0.3 is 23.9 Å². The summed E-state index contributed by atoms with van der Waals surface area (Å²) in [5.74, 6) is -3.12. The Labute approximate surface area is 456 Å². The maximum atomic E-state index is 13.1. The van der Waals surface area contributed by atoms with Gasteiger partial charge in [-0.25, -0.2) is 4.79 Å². The molecule has 434 valence electrons. The van der Waals surface area contributed by atoms with Crippen LogP contribution in [0.1, 0.15) is 278 Å². The minimum Gasteiger partial charge on any atom is -0.479 e. The molecule has 0 aliphatic carbocycles. The number of carboxylic acid groups (broad SMARTS) is 1. The van der Waals surface area contributed by atoms with Crippen molar-refractivity contribution in [1.29, 1.82) is 0 Å². The minimum absolute atomic E-state index is 0.0596. The Hall–Kier alpha value is -3.32. The average molecular weight is 1060 g/mol. The Morgan fingerprint density at radius 2 is 0.840 bits per heavy atom. The first-order valence-corrected chi connectivity index (χ1v) is 30.6. The van der Waals surface area contributed by atoms with Gasteiger partial charge in [-0.05, 0) is 77.0 Å². The number of ether oxygens (including phenoxy) is 5. The van der Waals surface area contributed by atoms with Crippen molar-refractivity contribution in [3.8, 4) is 0 Å². The van der Waals surface area contributed by atoms with Gasteiger partial charge in [0.2, 0.25) is 0 Å². The number of aliphatic hydroxyl groups excluding tert-OH is 2. The molecule has 0 bridgehead atoms. The van der Waals surface area contributed by atoms with Gasteiger partial charge in [0.15, 0.2) is 24.6 Å². The maximum absolute atomic E-state index is 13.1. The molecule has 6 atom stereocenters. The zero-order valence-electron chi connectivity index (χ0n) is 47.8. The van der Waals surface area contributed by atoms with Crippen LogP contribution in [0.15, 0.2) is 48.6 Å². The van der Waals surface area contributed by atoms with Crippen LogP contribution in [0.25, 0.3) is 0 Å². The quantitative estimate of drug-likeness (QED) is 0.0228. The molecule has 12 heteroatoms. The molecule has 0 aromatic heterocycles. The number of allylic oxidation sites excluding steroid dienone is 8. The summed E-state index contributed by atoms with van der Waals surface area (Å²) in [6, 6.07) is 0. The number of carboxylic acids is 1. The van der Waals surface area contributed by atoms with Crippen LogP contribution < -0.4 is 0 Å². The van der Waals surface area contributed by atoms with Crippen LogP contribution in [-0.4, -0.2) is 89.2 Å². The van der Waals surface area contributed by atoms with Crippen LogP contribution in [0.3, 0.4) is 0 Å². The van der Waals surface area contributed by atoms with E-state index in [1.165, 1.54) is 116 Å². The first-order valence-electron chi connectivity index (χ1n) is 30.6. The standard InChI is InChI=1S/C63H110O12/c1-4-7-10-13-16-19-21-23-25-27-28-30-32-34-36-39-42-45-48-51-57(66)74-61-59(68)58(67)60(62(69)70)75-63(61)72-53-54(73-56(65)50-47-44-41-37-18-15-12-9-6-3)52-71-55(64)49-46-43-40-38-35-33-31-29-26-24-22-20-17-14-11-8-5-2/h8,11,17,20,23-26,54,58-61,63,67-68H,4-7,9-10,12-16,18-19,21-22,27-53H2,1-3H3,(H,69,70)/b11-8-,20-17-,25-23-,26-24-. The van der Waals surface area contributed by atoms with Gasteiger partial charge in [0.25, 0.3) is 0 Å². The van der Waals surface area contributed by atoms with E-state index in [1.807, 2.05) is 0 Å². The number of carbonyl (C=O) groups excluding carboxylic acids is 3. The third-order valence-corrected chi connectivity index (χ3v) is 13.9. The van der Waals surface area contributed by atoms with Crippen LogP contribution in [0.5, 0.6) is 0 Å². The number of esters is 3. The highest BCUT2D eigenvalue weighted by Crippen LogP contribution is 2.27. The molecule has 1 heterocycles. The molecule has 3 N–H and O–H groups in total. The van der Waals surface area contributed by atoms with Gasteiger partial charge in [0.05, 0.1) is 6.61 Å². The Morgan fingerprint density at radius 3 is 1.29 bits per heavy atom. The predicted molar refractivity (Wildman–Crippen MR) is 303 cm³/mol. The summed E-state index contributed by atoms with van der Waals surface area (Å²) in [7, 11) is 0. The molecule has 0 aromatic carbocycles. The number of carbonyl (C=O) groups is 4. The Morgan fingerprint density at radius 1 is 0.453 bits per heavy atom. The molecule has 0 aromatic rings.